The zero-order chi connectivity index (χ0) is 54.7. The molecule has 0 bridgehead atoms. The van der Waals surface area contributed by atoms with Gasteiger partial charge in [0.1, 0.15) is 0 Å². The lowest BCUT2D eigenvalue weighted by Crippen LogP contribution is -2.81. The van der Waals surface area contributed by atoms with Gasteiger partial charge < -0.3 is 4.90 Å². The molecule has 0 atom stereocenters. The van der Waals surface area contributed by atoms with Crippen molar-refractivity contribution in [1.82, 2.24) is 0 Å². The third kappa shape index (κ3) is 5.33. The second kappa shape index (κ2) is 16.1. The number of rotatable bonds is 3. The van der Waals surface area contributed by atoms with Crippen LogP contribution in [0.3, 0.4) is 0 Å². The smallest absolute Gasteiger partial charge is 0.185 e. The van der Waals surface area contributed by atoms with Crippen molar-refractivity contribution >= 4 is 74.7 Å². The lowest BCUT2D eigenvalue weighted by atomic mass is 9.63. The minimum absolute atomic E-state index is 0.718. The van der Waals surface area contributed by atoms with Crippen LogP contribution >= 0.6 is 0 Å². The number of nitrogens with zero attached hydrogens (tertiary/aromatic N) is 1. The van der Waals surface area contributed by atoms with Crippen LogP contribution < -0.4 is 46.4 Å². The SMILES string of the molecule is Cc1cccc(C)c1-c1cc2c3c(c1)[Si]1(c4ccccc4-c4ccccc41)c1cc(-c4c(C)cccc4C)cc4c1N3c1c(cc(-c3c(C)cccc3C)cc1[Si]41c3ccccc3-c3ccccc31)C21c2ccccc2-c2ccccc21. The molecule has 5 aliphatic heterocycles. The maximum absolute atomic E-state index is 3.38. The highest BCUT2D eigenvalue weighted by molar-refractivity contribution is 7.27. The van der Waals surface area contributed by atoms with Crippen molar-refractivity contribution in [3.8, 4) is 66.8 Å². The predicted octanol–water partition coefficient (Wildman–Crippen LogP) is 14.0. The summed E-state index contributed by atoms with van der Waals surface area (Å²) in [6, 6.07) is 94.7. The molecule has 6 aliphatic rings. The number of hydrogen-bond donors (Lipinski definition) is 0. The minimum Gasteiger partial charge on any atom is -0.310 e. The van der Waals surface area contributed by atoms with Gasteiger partial charge in [-0.25, -0.2) is 0 Å². The zero-order valence-corrected chi connectivity index (χ0v) is 49.0. The van der Waals surface area contributed by atoms with Gasteiger partial charge in [-0.15, -0.1) is 0 Å². The second-order valence-electron chi connectivity index (χ2n) is 24.4. The highest BCUT2D eigenvalue weighted by Gasteiger charge is 2.65. The lowest BCUT2D eigenvalue weighted by Gasteiger charge is -2.57. The first kappa shape index (κ1) is 46.6. The molecule has 0 saturated carbocycles. The van der Waals surface area contributed by atoms with Gasteiger partial charge >= 0.3 is 0 Å². The summed E-state index contributed by atoms with van der Waals surface area (Å²) >= 11 is 0. The van der Waals surface area contributed by atoms with E-state index in [1.807, 2.05) is 0 Å². The molecular weight excluding hydrogens is 1020 g/mol. The van der Waals surface area contributed by atoms with Gasteiger partial charge in [0.2, 0.25) is 0 Å². The van der Waals surface area contributed by atoms with E-state index in [1.165, 1.54) is 181 Å². The molecule has 0 saturated heterocycles. The van der Waals surface area contributed by atoms with Gasteiger partial charge in [0, 0.05) is 5.69 Å². The molecular formula is C79H57NSi2. The highest BCUT2D eigenvalue weighted by Crippen LogP contribution is 2.66. The first-order chi connectivity index (χ1) is 40.2. The van der Waals surface area contributed by atoms with E-state index in [0.717, 1.165) is 0 Å². The van der Waals surface area contributed by atoms with Gasteiger partial charge in [-0.2, -0.15) is 0 Å². The van der Waals surface area contributed by atoms with Crippen molar-refractivity contribution in [1.29, 1.82) is 0 Å². The number of fused-ring (bicyclic) bond motifs is 21. The van der Waals surface area contributed by atoms with Gasteiger partial charge in [0.25, 0.3) is 0 Å². The van der Waals surface area contributed by atoms with Crippen LogP contribution in [0.2, 0.25) is 0 Å². The largest absolute Gasteiger partial charge is 0.310 e. The number of hydrogen-bond acceptors (Lipinski definition) is 1. The molecule has 3 spiro atoms. The van der Waals surface area contributed by atoms with Crippen LogP contribution in [0.5, 0.6) is 0 Å². The van der Waals surface area contributed by atoms with Crippen LogP contribution in [-0.4, -0.2) is 16.1 Å². The van der Waals surface area contributed by atoms with Crippen LogP contribution in [-0.2, 0) is 5.41 Å². The molecule has 12 aromatic rings. The van der Waals surface area contributed by atoms with E-state index >= 15 is 0 Å². The van der Waals surface area contributed by atoms with E-state index in [4.69, 9.17) is 0 Å². The standard InChI is InChI=1S/C79H57NSi2/c1-46-22-19-23-47(2)73(46)52-40-63-76-69(42-52)81(65-36-15-9-30-57(65)58-31-10-16-37-66(58)81)71-44-54(75-50(5)26-21-27-51(75)6)45-72-78(71)80(76)77-64(79(63)61-34-13-7-28-55(61)56-29-8-14-35-62(56)79)41-53(74-48(3)24-20-25-49(74)4)43-70(77)82(72)67-38-17-11-32-59(67)60-33-12-18-39-68(60)82/h7-45H,1-6H3. The Morgan fingerprint density at radius 2 is 0.512 bits per heavy atom. The Morgan fingerprint density at radius 1 is 0.244 bits per heavy atom. The Kier molecular flexibility index (Phi) is 9.14. The Hall–Kier alpha value is -9.13. The molecule has 3 heteroatoms. The third-order valence-corrected chi connectivity index (χ3v) is 30.3. The summed E-state index contributed by atoms with van der Waals surface area (Å²) in [5.41, 5.74) is 32.8. The molecule has 0 amide bonds. The van der Waals surface area contributed by atoms with Crippen molar-refractivity contribution < 1.29 is 0 Å². The summed E-state index contributed by atoms with van der Waals surface area (Å²) in [6.07, 6.45) is 0. The minimum atomic E-state index is -3.38. The van der Waals surface area contributed by atoms with E-state index in [2.05, 4.69) is 283 Å². The third-order valence-electron chi connectivity index (χ3n) is 20.6. The Morgan fingerprint density at radius 3 is 0.841 bits per heavy atom. The number of benzene rings is 12. The van der Waals surface area contributed by atoms with E-state index in [1.54, 1.807) is 0 Å². The molecule has 18 rings (SSSR count). The van der Waals surface area contributed by atoms with Gasteiger partial charge in [-0.05, 0) is 218 Å². The molecule has 0 radical (unpaired) electrons. The van der Waals surface area contributed by atoms with Gasteiger partial charge in [-0.1, -0.05) is 224 Å². The summed E-state index contributed by atoms with van der Waals surface area (Å²) < 4.78 is 0. The molecule has 1 aliphatic carbocycles. The predicted molar refractivity (Wildman–Crippen MR) is 349 cm³/mol. The van der Waals surface area contributed by atoms with E-state index in [0.29, 0.717) is 0 Å². The monoisotopic (exact) mass is 1080 g/mol. The maximum atomic E-state index is 2.93. The van der Waals surface area contributed by atoms with Gasteiger partial charge in [0.15, 0.2) is 16.1 Å². The van der Waals surface area contributed by atoms with E-state index in [-0.39, 0.29) is 0 Å². The topological polar surface area (TPSA) is 3.24 Å². The van der Waals surface area contributed by atoms with Crippen molar-refractivity contribution in [2.45, 2.75) is 47.0 Å². The van der Waals surface area contributed by atoms with Crippen molar-refractivity contribution in [2.75, 3.05) is 4.90 Å². The molecule has 1 nitrogen and oxygen atoms in total. The fourth-order valence-corrected chi connectivity index (χ4v) is 29.2. The first-order valence-electron chi connectivity index (χ1n) is 29.3. The van der Waals surface area contributed by atoms with Crippen LogP contribution in [0.4, 0.5) is 17.1 Å². The number of anilines is 3. The van der Waals surface area contributed by atoms with Crippen molar-refractivity contribution in [3.05, 3.63) is 292 Å². The zero-order valence-electron chi connectivity index (χ0n) is 47.0. The van der Waals surface area contributed by atoms with Crippen molar-refractivity contribution in [3.63, 3.8) is 0 Å². The fraction of sp³-hybridized carbons (Fsp3) is 0.0886. The quantitative estimate of drug-likeness (QED) is 0.159. The van der Waals surface area contributed by atoms with Crippen LogP contribution in [0.1, 0.15) is 55.6 Å². The van der Waals surface area contributed by atoms with E-state index in [9.17, 15) is 0 Å². The average Bonchev–Trinajstić information content (AvgIpc) is 1.31. The van der Waals surface area contributed by atoms with Crippen LogP contribution in [0.15, 0.2) is 237 Å². The Balaban J connectivity index is 1.17. The first-order valence-corrected chi connectivity index (χ1v) is 33.3. The molecule has 12 aromatic carbocycles. The summed E-state index contributed by atoms with van der Waals surface area (Å²) in [6.45, 7) is 14.0. The summed E-state index contributed by atoms with van der Waals surface area (Å²) in [5, 5.41) is 11.9. The average molecular weight is 1080 g/mol. The molecule has 0 fully saturated rings. The van der Waals surface area contributed by atoms with Gasteiger partial charge in [-0.3, -0.25) is 0 Å². The highest BCUT2D eigenvalue weighted by atomic mass is 28.3. The normalized spacial score (nSPS) is 15.2. The van der Waals surface area contributed by atoms with Crippen LogP contribution in [0.25, 0.3) is 66.8 Å². The summed E-state index contributed by atoms with van der Waals surface area (Å²) in [7, 11) is -6.76. The van der Waals surface area contributed by atoms with E-state index < -0.39 is 21.6 Å². The molecule has 0 N–H and O–H groups in total. The fourth-order valence-electron chi connectivity index (χ4n) is 17.8. The summed E-state index contributed by atoms with van der Waals surface area (Å²) in [5.74, 6) is 0. The molecule has 82 heavy (non-hydrogen) atoms. The maximum Gasteiger partial charge on any atom is 0.185 e. The summed E-state index contributed by atoms with van der Waals surface area (Å²) in [4.78, 5) is 2.93. The lowest BCUT2D eigenvalue weighted by molar-refractivity contribution is 0.755. The molecule has 386 valence electrons. The molecule has 0 unspecified atom stereocenters. The van der Waals surface area contributed by atoms with Gasteiger partial charge in [0.05, 0.1) is 16.8 Å². The Bertz CT molecular complexity index is 4150. The number of aryl methyl sites for hydroxylation is 6. The van der Waals surface area contributed by atoms with Crippen LogP contribution in [0, 0.1) is 41.5 Å². The molecule has 5 heterocycles. The molecule has 0 aromatic heterocycles. The Labute approximate surface area is 482 Å². The second-order valence-corrected chi connectivity index (χ2v) is 31.7. The van der Waals surface area contributed by atoms with Crippen molar-refractivity contribution in [2.24, 2.45) is 0 Å².